The van der Waals surface area contributed by atoms with Crippen LogP contribution in [0.25, 0.3) is 104 Å². The summed E-state index contributed by atoms with van der Waals surface area (Å²) in [5.74, 6) is 0. The highest BCUT2D eigenvalue weighted by atomic mass is 15.0. The Labute approximate surface area is 306 Å². The van der Waals surface area contributed by atoms with E-state index >= 15 is 0 Å². The number of rotatable bonds is 4. The van der Waals surface area contributed by atoms with Crippen LogP contribution in [0.4, 0.5) is 0 Å². The first-order chi connectivity index (χ1) is 26.3. The Morgan fingerprint density at radius 1 is 0.302 bits per heavy atom. The van der Waals surface area contributed by atoms with Crippen LogP contribution in [0.3, 0.4) is 0 Å². The Balaban J connectivity index is 0.979. The molecule has 2 aromatic heterocycles. The molecule has 3 nitrogen and oxygen atoms in total. The molecule has 0 saturated heterocycles. The van der Waals surface area contributed by atoms with E-state index in [4.69, 9.17) is 9.97 Å². The molecule has 53 heavy (non-hydrogen) atoms. The molecule has 2 heterocycles. The molecular weight excluding hydrogens is 643 g/mol. The zero-order chi connectivity index (χ0) is 34.9. The van der Waals surface area contributed by atoms with Gasteiger partial charge in [0.15, 0.2) is 0 Å². The van der Waals surface area contributed by atoms with Gasteiger partial charge >= 0.3 is 0 Å². The third-order valence-corrected chi connectivity index (χ3v) is 10.9. The lowest BCUT2D eigenvalue weighted by Crippen LogP contribution is -1.95. The van der Waals surface area contributed by atoms with Crippen molar-refractivity contribution in [2.75, 3.05) is 0 Å². The lowest BCUT2D eigenvalue weighted by atomic mass is 9.93. The lowest BCUT2D eigenvalue weighted by Gasteiger charge is -2.14. The highest BCUT2D eigenvalue weighted by Gasteiger charge is 2.16. The van der Waals surface area contributed by atoms with Crippen molar-refractivity contribution in [3.8, 4) is 39.1 Å². The fourth-order valence-corrected chi connectivity index (χ4v) is 8.45. The van der Waals surface area contributed by atoms with E-state index in [1.165, 1.54) is 82.4 Å². The second kappa shape index (κ2) is 11.7. The Morgan fingerprint density at radius 2 is 0.811 bits per heavy atom. The van der Waals surface area contributed by atoms with Crippen LogP contribution in [0.1, 0.15) is 0 Å². The smallest absolute Gasteiger partial charge is 0.0971 e. The second-order valence-electron chi connectivity index (χ2n) is 13.8. The van der Waals surface area contributed by atoms with Gasteiger partial charge in [-0.05, 0) is 79.9 Å². The summed E-state index contributed by atoms with van der Waals surface area (Å²) in [5, 5.41) is 9.65. The molecule has 0 saturated carbocycles. The molecule has 0 aliphatic heterocycles. The van der Waals surface area contributed by atoms with Crippen LogP contribution in [0.2, 0.25) is 0 Å². The molecule has 0 spiro atoms. The molecule has 0 aliphatic rings. The maximum absolute atomic E-state index is 4.74. The van der Waals surface area contributed by atoms with Gasteiger partial charge < -0.3 is 4.57 Å². The summed E-state index contributed by atoms with van der Waals surface area (Å²) < 4.78 is 2.42. The number of nitrogens with zero attached hydrogens (tertiary/aromatic N) is 3. The number of benzene rings is 9. The van der Waals surface area contributed by atoms with Crippen molar-refractivity contribution >= 4 is 65.2 Å². The van der Waals surface area contributed by atoms with Crippen molar-refractivity contribution in [1.29, 1.82) is 0 Å². The Bertz CT molecular complexity index is 3140. The minimum atomic E-state index is 0.940. The minimum absolute atomic E-state index is 0.940. The Kier molecular flexibility index (Phi) is 6.55. The molecule has 0 aliphatic carbocycles. The summed E-state index contributed by atoms with van der Waals surface area (Å²) in [6.07, 6.45) is 3.56. The maximum Gasteiger partial charge on any atom is 0.0971 e. The fourth-order valence-electron chi connectivity index (χ4n) is 8.45. The first kappa shape index (κ1) is 29.6. The SMILES string of the molecule is c1cc(-c2ccc(-c3cccc4c(-n5c6ccccc6c6ccccc65)cccc34)cc2)cc(-c2ccc3c(c2)c2ccccc2c2nccnc32)c1. The van der Waals surface area contributed by atoms with Crippen molar-refractivity contribution in [1.82, 2.24) is 14.5 Å². The molecule has 0 amide bonds. The zero-order valence-electron chi connectivity index (χ0n) is 28.7. The standard InChI is InChI=1S/C50H31N3/c1-2-15-43-39(12-1)45-31-36(26-27-44(45)50-49(43)51-28-29-52-50)35-11-7-10-34(30-35)32-22-24-33(25-23-32)37-16-8-18-40-38(37)17-9-21-48(40)53-46-19-5-3-13-41(46)42-14-4-6-20-47(42)53/h1-31H. The number of fused-ring (bicyclic) bond motifs is 10. The van der Waals surface area contributed by atoms with E-state index in [9.17, 15) is 0 Å². The van der Waals surface area contributed by atoms with Crippen LogP contribution in [0.15, 0.2) is 188 Å². The lowest BCUT2D eigenvalue weighted by molar-refractivity contribution is 1.20. The van der Waals surface area contributed by atoms with Crippen molar-refractivity contribution in [3.05, 3.63) is 188 Å². The first-order valence-corrected chi connectivity index (χ1v) is 18.1. The quantitative estimate of drug-likeness (QED) is 0.174. The van der Waals surface area contributed by atoms with Gasteiger partial charge in [-0.15, -0.1) is 0 Å². The highest BCUT2D eigenvalue weighted by Crippen LogP contribution is 2.39. The molecule has 0 unspecified atom stereocenters. The van der Waals surface area contributed by atoms with E-state index in [-0.39, 0.29) is 0 Å². The van der Waals surface area contributed by atoms with Crippen LogP contribution in [0.5, 0.6) is 0 Å². The van der Waals surface area contributed by atoms with E-state index in [2.05, 4.69) is 180 Å². The van der Waals surface area contributed by atoms with Crippen molar-refractivity contribution in [3.63, 3.8) is 0 Å². The van der Waals surface area contributed by atoms with Crippen molar-refractivity contribution < 1.29 is 0 Å². The van der Waals surface area contributed by atoms with E-state index in [0.29, 0.717) is 0 Å². The molecule has 11 aromatic rings. The van der Waals surface area contributed by atoms with E-state index < -0.39 is 0 Å². The normalized spacial score (nSPS) is 11.8. The summed E-state index contributed by atoms with van der Waals surface area (Å²) >= 11 is 0. The van der Waals surface area contributed by atoms with Gasteiger partial charge in [0.25, 0.3) is 0 Å². The molecule has 11 rings (SSSR count). The van der Waals surface area contributed by atoms with Crippen LogP contribution >= 0.6 is 0 Å². The molecule has 246 valence electrons. The number of hydrogen-bond donors (Lipinski definition) is 0. The van der Waals surface area contributed by atoms with Gasteiger partial charge in [-0.1, -0.05) is 146 Å². The second-order valence-corrected chi connectivity index (χ2v) is 13.8. The Morgan fingerprint density at radius 3 is 1.55 bits per heavy atom. The number of aromatic nitrogens is 3. The van der Waals surface area contributed by atoms with Gasteiger partial charge in [0.05, 0.1) is 27.8 Å². The molecule has 3 heteroatoms. The Hall–Kier alpha value is -7.10. The van der Waals surface area contributed by atoms with Gasteiger partial charge in [0.1, 0.15) is 0 Å². The van der Waals surface area contributed by atoms with Crippen LogP contribution in [-0.4, -0.2) is 14.5 Å². The van der Waals surface area contributed by atoms with E-state index in [1.807, 2.05) is 0 Å². The largest absolute Gasteiger partial charge is 0.309 e. The molecule has 0 fully saturated rings. The van der Waals surface area contributed by atoms with Crippen LogP contribution in [0, 0.1) is 0 Å². The zero-order valence-corrected chi connectivity index (χ0v) is 28.7. The predicted octanol–water partition coefficient (Wildman–Crippen LogP) is 13.2. The third-order valence-electron chi connectivity index (χ3n) is 10.9. The van der Waals surface area contributed by atoms with Crippen molar-refractivity contribution in [2.24, 2.45) is 0 Å². The van der Waals surface area contributed by atoms with Gasteiger partial charge in [-0.25, -0.2) is 0 Å². The van der Waals surface area contributed by atoms with Gasteiger partial charge in [0.2, 0.25) is 0 Å². The van der Waals surface area contributed by atoms with Gasteiger partial charge in [-0.2, -0.15) is 0 Å². The topological polar surface area (TPSA) is 30.7 Å². The number of hydrogen-bond acceptors (Lipinski definition) is 2. The van der Waals surface area contributed by atoms with E-state index in [1.54, 1.807) is 12.4 Å². The summed E-state index contributed by atoms with van der Waals surface area (Å²) in [7, 11) is 0. The average molecular weight is 674 g/mol. The predicted molar refractivity (Wildman–Crippen MR) is 223 cm³/mol. The van der Waals surface area contributed by atoms with Gasteiger partial charge in [0, 0.05) is 39.3 Å². The summed E-state index contributed by atoms with van der Waals surface area (Å²) in [6.45, 7) is 0. The van der Waals surface area contributed by atoms with Crippen molar-refractivity contribution in [2.45, 2.75) is 0 Å². The van der Waals surface area contributed by atoms with Gasteiger partial charge in [-0.3, -0.25) is 9.97 Å². The van der Waals surface area contributed by atoms with Crippen LogP contribution in [-0.2, 0) is 0 Å². The molecule has 0 atom stereocenters. The third kappa shape index (κ3) is 4.61. The molecular formula is C50H31N3. The molecule has 0 bridgehead atoms. The van der Waals surface area contributed by atoms with Crippen LogP contribution < -0.4 is 0 Å². The minimum Gasteiger partial charge on any atom is -0.309 e. The first-order valence-electron chi connectivity index (χ1n) is 18.1. The summed E-state index contributed by atoms with van der Waals surface area (Å²) in [4.78, 5) is 9.43. The maximum atomic E-state index is 4.74. The fraction of sp³-hybridized carbons (Fsp3) is 0. The van der Waals surface area contributed by atoms with E-state index in [0.717, 1.165) is 21.8 Å². The summed E-state index contributed by atoms with van der Waals surface area (Å²) in [5.41, 5.74) is 12.7. The highest BCUT2D eigenvalue weighted by molar-refractivity contribution is 6.23. The number of para-hydroxylation sites is 2. The summed E-state index contributed by atoms with van der Waals surface area (Å²) in [6, 6.07) is 63.9. The molecule has 0 radical (unpaired) electrons. The monoisotopic (exact) mass is 673 g/mol. The molecule has 0 N–H and O–H groups in total. The average Bonchev–Trinajstić information content (AvgIpc) is 3.57. The molecule has 9 aromatic carbocycles.